The number of aldehydes is 1. The van der Waals surface area contributed by atoms with Crippen LogP contribution in [0.3, 0.4) is 0 Å². The number of carbonyl (C=O) groups excluding carboxylic acids is 1. The molecule has 0 radical (unpaired) electrons. The monoisotopic (exact) mass is 190 g/mol. The molecule has 0 saturated heterocycles. The SMILES string of the molecule is CCc1oc2ccc(O)cc2c1C=O. The first kappa shape index (κ1) is 8.81. The third kappa shape index (κ3) is 1.18. The van der Waals surface area contributed by atoms with E-state index in [2.05, 4.69) is 0 Å². The maximum atomic E-state index is 10.8. The quantitative estimate of drug-likeness (QED) is 0.740. The Morgan fingerprint density at radius 1 is 1.50 bits per heavy atom. The summed E-state index contributed by atoms with van der Waals surface area (Å²) in [6.45, 7) is 1.92. The maximum Gasteiger partial charge on any atom is 0.154 e. The molecule has 1 N–H and O–H groups in total. The number of hydrogen-bond acceptors (Lipinski definition) is 3. The number of fused-ring (bicyclic) bond motifs is 1. The summed E-state index contributed by atoms with van der Waals surface area (Å²) < 4.78 is 5.45. The van der Waals surface area contributed by atoms with Gasteiger partial charge in [-0.15, -0.1) is 0 Å². The molecule has 2 rings (SSSR count). The standard InChI is InChI=1S/C11H10O3/c1-2-10-9(6-12)8-5-7(13)3-4-11(8)14-10/h3-6,13H,2H2,1H3. The normalized spacial score (nSPS) is 10.6. The number of furan rings is 1. The van der Waals surface area contributed by atoms with Gasteiger partial charge in [0, 0.05) is 11.8 Å². The lowest BCUT2D eigenvalue weighted by molar-refractivity contribution is 0.112. The molecule has 3 heteroatoms. The van der Waals surface area contributed by atoms with Crippen molar-refractivity contribution < 1.29 is 14.3 Å². The molecule has 0 aliphatic carbocycles. The number of aromatic hydroxyl groups is 1. The molecule has 14 heavy (non-hydrogen) atoms. The van der Waals surface area contributed by atoms with Crippen molar-refractivity contribution in [2.24, 2.45) is 0 Å². The van der Waals surface area contributed by atoms with Crippen molar-refractivity contribution in [2.45, 2.75) is 13.3 Å². The number of phenols is 1. The van der Waals surface area contributed by atoms with Crippen LogP contribution in [0, 0.1) is 0 Å². The van der Waals surface area contributed by atoms with Gasteiger partial charge in [0.15, 0.2) is 6.29 Å². The molecule has 0 aliphatic heterocycles. The number of benzene rings is 1. The van der Waals surface area contributed by atoms with Crippen molar-refractivity contribution in [1.82, 2.24) is 0 Å². The predicted octanol–water partition coefficient (Wildman–Crippen LogP) is 2.51. The predicted molar refractivity (Wildman–Crippen MR) is 52.6 cm³/mol. The summed E-state index contributed by atoms with van der Waals surface area (Å²) in [5.74, 6) is 0.810. The molecule has 0 spiro atoms. The van der Waals surface area contributed by atoms with Crippen LogP contribution in [0.1, 0.15) is 23.0 Å². The van der Waals surface area contributed by atoms with Gasteiger partial charge in [-0.3, -0.25) is 4.79 Å². The molecule has 1 aromatic heterocycles. The number of phenolic OH excluding ortho intramolecular Hbond substituents is 1. The smallest absolute Gasteiger partial charge is 0.154 e. The van der Waals surface area contributed by atoms with Gasteiger partial charge in [0.25, 0.3) is 0 Å². The minimum Gasteiger partial charge on any atom is -0.508 e. The van der Waals surface area contributed by atoms with E-state index in [1.807, 2.05) is 6.92 Å². The number of hydrogen-bond donors (Lipinski definition) is 1. The van der Waals surface area contributed by atoms with Crippen LogP contribution in [0.15, 0.2) is 22.6 Å². The van der Waals surface area contributed by atoms with Gasteiger partial charge in [-0.1, -0.05) is 6.92 Å². The summed E-state index contributed by atoms with van der Waals surface area (Å²) in [6, 6.07) is 4.75. The van der Waals surface area contributed by atoms with Gasteiger partial charge >= 0.3 is 0 Å². The second kappa shape index (κ2) is 3.18. The molecular weight excluding hydrogens is 180 g/mol. The van der Waals surface area contributed by atoms with Gasteiger partial charge in [-0.2, -0.15) is 0 Å². The second-order valence-corrected chi connectivity index (χ2v) is 3.09. The van der Waals surface area contributed by atoms with Crippen LogP contribution in [-0.4, -0.2) is 11.4 Å². The molecule has 1 aromatic carbocycles. The summed E-state index contributed by atoms with van der Waals surface area (Å²) in [5.41, 5.74) is 1.18. The van der Waals surface area contributed by atoms with Crippen LogP contribution < -0.4 is 0 Å². The molecule has 0 amide bonds. The van der Waals surface area contributed by atoms with E-state index in [-0.39, 0.29) is 5.75 Å². The Hall–Kier alpha value is -1.77. The van der Waals surface area contributed by atoms with Crippen molar-refractivity contribution in [3.8, 4) is 5.75 Å². The molecule has 1 heterocycles. The summed E-state index contributed by atoms with van der Waals surface area (Å²) in [4.78, 5) is 10.8. The van der Waals surface area contributed by atoms with Gasteiger partial charge < -0.3 is 9.52 Å². The summed E-state index contributed by atoms with van der Waals surface area (Å²) in [6.07, 6.45) is 1.44. The van der Waals surface area contributed by atoms with Gasteiger partial charge in [0.05, 0.1) is 5.56 Å². The van der Waals surface area contributed by atoms with E-state index in [1.54, 1.807) is 18.2 Å². The van der Waals surface area contributed by atoms with E-state index in [9.17, 15) is 9.90 Å². The van der Waals surface area contributed by atoms with Crippen molar-refractivity contribution in [3.05, 3.63) is 29.5 Å². The highest BCUT2D eigenvalue weighted by Crippen LogP contribution is 2.27. The highest BCUT2D eigenvalue weighted by Gasteiger charge is 2.11. The van der Waals surface area contributed by atoms with Crippen molar-refractivity contribution >= 4 is 17.3 Å². The lowest BCUT2D eigenvalue weighted by atomic mass is 10.1. The average molecular weight is 190 g/mol. The Kier molecular flexibility index (Phi) is 2.00. The van der Waals surface area contributed by atoms with Crippen LogP contribution in [0.5, 0.6) is 5.75 Å². The zero-order valence-corrected chi connectivity index (χ0v) is 7.78. The molecular formula is C11H10O3. The number of aryl methyl sites for hydroxylation is 1. The van der Waals surface area contributed by atoms with E-state index >= 15 is 0 Å². The Morgan fingerprint density at radius 3 is 2.93 bits per heavy atom. The summed E-state index contributed by atoms with van der Waals surface area (Å²) in [7, 11) is 0. The van der Waals surface area contributed by atoms with Crippen LogP contribution in [0.4, 0.5) is 0 Å². The van der Waals surface area contributed by atoms with Crippen LogP contribution in [0.2, 0.25) is 0 Å². The maximum absolute atomic E-state index is 10.8. The average Bonchev–Trinajstić information content (AvgIpc) is 2.54. The molecule has 0 fully saturated rings. The van der Waals surface area contributed by atoms with E-state index < -0.39 is 0 Å². The van der Waals surface area contributed by atoms with Crippen molar-refractivity contribution in [3.63, 3.8) is 0 Å². The highest BCUT2D eigenvalue weighted by atomic mass is 16.3. The Bertz CT molecular complexity index is 482. The molecule has 72 valence electrons. The minimum absolute atomic E-state index is 0.143. The number of carbonyl (C=O) groups is 1. The molecule has 3 nitrogen and oxygen atoms in total. The van der Waals surface area contributed by atoms with E-state index in [1.165, 1.54) is 0 Å². The summed E-state index contributed by atoms with van der Waals surface area (Å²) >= 11 is 0. The van der Waals surface area contributed by atoms with Crippen LogP contribution >= 0.6 is 0 Å². The molecule has 0 saturated carbocycles. The molecule has 0 bridgehead atoms. The third-order valence-corrected chi connectivity index (χ3v) is 2.23. The first-order valence-corrected chi connectivity index (χ1v) is 4.45. The summed E-state index contributed by atoms with van der Waals surface area (Å²) in [5, 5.41) is 9.95. The van der Waals surface area contributed by atoms with Crippen molar-refractivity contribution in [1.29, 1.82) is 0 Å². The molecule has 0 unspecified atom stereocenters. The van der Waals surface area contributed by atoms with Gasteiger partial charge in [0.1, 0.15) is 17.1 Å². The molecule has 2 aromatic rings. The van der Waals surface area contributed by atoms with Gasteiger partial charge in [-0.25, -0.2) is 0 Å². The van der Waals surface area contributed by atoms with Crippen molar-refractivity contribution in [2.75, 3.05) is 0 Å². The first-order chi connectivity index (χ1) is 6.76. The minimum atomic E-state index is 0.143. The fourth-order valence-electron chi connectivity index (χ4n) is 1.55. The second-order valence-electron chi connectivity index (χ2n) is 3.09. The lowest BCUT2D eigenvalue weighted by Gasteiger charge is -1.90. The molecule has 0 aliphatic rings. The molecule has 0 atom stereocenters. The Morgan fingerprint density at radius 2 is 2.29 bits per heavy atom. The Labute approximate surface area is 81.0 Å². The van der Waals surface area contributed by atoms with Crippen LogP contribution in [0.25, 0.3) is 11.0 Å². The lowest BCUT2D eigenvalue weighted by Crippen LogP contribution is -1.83. The van der Waals surface area contributed by atoms with E-state index in [0.717, 1.165) is 6.29 Å². The number of rotatable bonds is 2. The fourth-order valence-corrected chi connectivity index (χ4v) is 1.55. The van der Waals surface area contributed by atoms with E-state index in [0.29, 0.717) is 28.7 Å². The van der Waals surface area contributed by atoms with Gasteiger partial charge in [0.2, 0.25) is 0 Å². The third-order valence-electron chi connectivity index (χ3n) is 2.23. The largest absolute Gasteiger partial charge is 0.508 e. The van der Waals surface area contributed by atoms with Gasteiger partial charge in [-0.05, 0) is 18.2 Å². The highest BCUT2D eigenvalue weighted by molar-refractivity contribution is 5.98. The zero-order chi connectivity index (χ0) is 10.1. The Balaban J connectivity index is 2.81. The van der Waals surface area contributed by atoms with Crippen LogP contribution in [-0.2, 0) is 6.42 Å². The van der Waals surface area contributed by atoms with E-state index in [4.69, 9.17) is 4.42 Å². The topological polar surface area (TPSA) is 50.4 Å². The zero-order valence-electron chi connectivity index (χ0n) is 7.78. The fraction of sp³-hybridized carbons (Fsp3) is 0.182. The first-order valence-electron chi connectivity index (χ1n) is 4.45.